The Hall–Kier alpha value is -2.41. The zero-order valence-electron chi connectivity index (χ0n) is 15.7. The molecule has 2 atom stereocenters. The van der Waals surface area contributed by atoms with E-state index in [0.29, 0.717) is 31.7 Å². The standard InChI is InChI=1S/C20H28N2O5/c1-15(24)8-10-27-18-7-4-5-16(11-18)12-19(25)21-13-20(26)22-9-3-2-6-17(22)14-23/h4-5,7,11,14-15,17,24H,2-3,6,8-10,12-13H2,1H3,(H,21,25). The van der Waals surface area contributed by atoms with Gasteiger partial charge in [0.25, 0.3) is 0 Å². The van der Waals surface area contributed by atoms with Gasteiger partial charge in [0.15, 0.2) is 0 Å². The van der Waals surface area contributed by atoms with Gasteiger partial charge in [-0.25, -0.2) is 0 Å². The van der Waals surface area contributed by atoms with Gasteiger partial charge in [-0.2, -0.15) is 0 Å². The van der Waals surface area contributed by atoms with E-state index in [2.05, 4.69) is 5.32 Å². The van der Waals surface area contributed by atoms with E-state index >= 15 is 0 Å². The zero-order chi connectivity index (χ0) is 19.6. The molecule has 1 heterocycles. The molecule has 0 aromatic heterocycles. The van der Waals surface area contributed by atoms with Crippen molar-refractivity contribution in [3.05, 3.63) is 29.8 Å². The molecule has 0 spiro atoms. The smallest absolute Gasteiger partial charge is 0.242 e. The van der Waals surface area contributed by atoms with Gasteiger partial charge in [-0.3, -0.25) is 9.59 Å². The van der Waals surface area contributed by atoms with E-state index in [1.807, 2.05) is 6.07 Å². The third-order valence-electron chi connectivity index (χ3n) is 4.53. The van der Waals surface area contributed by atoms with Crippen LogP contribution in [0.4, 0.5) is 0 Å². The summed E-state index contributed by atoms with van der Waals surface area (Å²) in [6.45, 7) is 2.56. The number of benzene rings is 1. The summed E-state index contributed by atoms with van der Waals surface area (Å²) in [5.41, 5.74) is 0.776. The summed E-state index contributed by atoms with van der Waals surface area (Å²) in [4.78, 5) is 37.0. The maximum atomic E-state index is 12.3. The minimum Gasteiger partial charge on any atom is -0.493 e. The Morgan fingerprint density at radius 2 is 2.22 bits per heavy atom. The van der Waals surface area contributed by atoms with Crippen LogP contribution in [0.25, 0.3) is 0 Å². The molecule has 7 heteroatoms. The lowest BCUT2D eigenvalue weighted by Gasteiger charge is -2.32. The van der Waals surface area contributed by atoms with Crippen LogP contribution in [0.15, 0.2) is 24.3 Å². The number of nitrogens with one attached hydrogen (secondary N) is 1. The first-order valence-electron chi connectivity index (χ1n) is 9.41. The van der Waals surface area contributed by atoms with Crippen LogP contribution < -0.4 is 10.1 Å². The fourth-order valence-corrected chi connectivity index (χ4v) is 3.02. The number of amides is 2. The molecular weight excluding hydrogens is 348 g/mol. The van der Waals surface area contributed by atoms with Crippen molar-refractivity contribution in [1.29, 1.82) is 0 Å². The minimum atomic E-state index is -0.421. The summed E-state index contributed by atoms with van der Waals surface area (Å²) in [6, 6.07) is 6.81. The Kier molecular flexibility index (Phi) is 8.26. The molecule has 1 aromatic rings. The number of piperidine rings is 1. The van der Waals surface area contributed by atoms with Crippen LogP contribution in [-0.4, -0.2) is 59.9 Å². The molecule has 1 aromatic carbocycles. The lowest BCUT2D eigenvalue weighted by Crippen LogP contribution is -2.48. The first-order valence-corrected chi connectivity index (χ1v) is 9.41. The first-order chi connectivity index (χ1) is 13.0. The second-order valence-corrected chi connectivity index (χ2v) is 6.87. The van der Waals surface area contributed by atoms with Crippen LogP contribution in [0, 0.1) is 0 Å². The van der Waals surface area contributed by atoms with Gasteiger partial charge in [-0.1, -0.05) is 12.1 Å². The van der Waals surface area contributed by atoms with Gasteiger partial charge in [0.2, 0.25) is 11.8 Å². The Labute approximate surface area is 159 Å². The normalized spacial score (nSPS) is 17.9. The van der Waals surface area contributed by atoms with Gasteiger partial charge in [0.1, 0.15) is 12.0 Å². The number of carbonyl (C=O) groups is 3. The maximum Gasteiger partial charge on any atom is 0.242 e. The molecule has 0 radical (unpaired) electrons. The van der Waals surface area contributed by atoms with Crippen LogP contribution >= 0.6 is 0 Å². The predicted molar refractivity (Wildman–Crippen MR) is 100 cm³/mol. The SMILES string of the molecule is CC(O)CCOc1cccc(CC(=O)NCC(=O)N2CCCCC2C=O)c1. The summed E-state index contributed by atoms with van der Waals surface area (Å²) in [5.74, 6) is 0.152. The number of aliphatic hydroxyl groups is 1. The van der Waals surface area contributed by atoms with E-state index in [1.165, 1.54) is 0 Å². The average molecular weight is 376 g/mol. The summed E-state index contributed by atoms with van der Waals surface area (Å²) in [7, 11) is 0. The molecule has 1 aliphatic rings. The number of hydrogen-bond donors (Lipinski definition) is 2. The highest BCUT2D eigenvalue weighted by Gasteiger charge is 2.26. The van der Waals surface area contributed by atoms with Crippen molar-refractivity contribution >= 4 is 18.1 Å². The fraction of sp³-hybridized carbons (Fsp3) is 0.550. The van der Waals surface area contributed by atoms with Crippen molar-refractivity contribution in [3.63, 3.8) is 0 Å². The molecule has 7 nitrogen and oxygen atoms in total. The lowest BCUT2D eigenvalue weighted by molar-refractivity contribution is -0.138. The number of hydrogen-bond acceptors (Lipinski definition) is 5. The lowest BCUT2D eigenvalue weighted by atomic mass is 10.0. The van der Waals surface area contributed by atoms with E-state index in [9.17, 15) is 19.5 Å². The first kappa shape index (κ1) is 20.9. The van der Waals surface area contributed by atoms with Gasteiger partial charge in [0, 0.05) is 13.0 Å². The van der Waals surface area contributed by atoms with Crippen molar-refractivity contribution in [3.8, 4) is 5.75 Å². The predicted octanol–water partition coefficient (Wildman–Crippen LogP) is 1.07. The number of rotatable bonds is 9. The quantitative estimate of drug-likeness (QED) is 0.629. The average Bonchev–Trinajstić information content (AvgIpc) is 2.66. The van der Waals surface area contributed by atoms with Gasteiger partial charge >= 0.3 is 0 Å². The molecule has 2 unspecified atom stereocenters. The summed E-state index contributed by atoms with van der Waals surface area (Å²) >= 11 is 0. The fourth-order valence-electron chi connectivity index (χ4n) is 3.02. The number of carbonyl (C=O) groups excluding carboxylic acids is 3. The van der Waals surface area contributed by atoms with E-state index in [-0.39, 0.29) is 30.8 Å². The van der Waals surface area contributed by atoms with Gasteiger partial charge in [-0.05, 0) is 43.9 Å². The highest BCUT2D eigenvalue weighted by atomic mass is 16.5. The highest BCUT2D eigenvalue weighted by Crippen LogP contribution is 2.16. The van der Waals surface area contributed by atoms with Crippen LogP contribution in [0.3, 0.4) is 0 Å². The van der Waals surface area contributed by atoms with Gasteiger partial charge in [-0.15, -0.1) is 0 Å². The molecule has 148 valence electrons. The molecule has 2 rings (SSSR count). The molecule has 27 heavy (non-hydrogen) atoms. The molecule has 1 aliphatic heterocycles. The van der Waals surface area contributed by atoms with E-state index in [4.69, 9.17) is 4.74 Å². The van der Waals surface area contributed by atoms with Gasteiger partial charge < -0.3 is 24.9 Å². The molecule has 0 saturated carbocycles. The summed E-state index contributed by atoms with van der Waals surface area (Å²) < 4.78 is 5.56. The van der Waals surface area contributed by atoms with Crippen LogP contribution in [0.2, 0.25) is 0 Å². The largest absolute Gasteiger partial charge is 0.493 e. The second kappa shape index (κ2) is 10.7. The third kappa shape index (κ3) is 7.02. The van der Waals surface area contributed by atoms with E-state index in [0.717, 1.165) is 24.7 Å². The number of nitrogens with zero attached hydrogens (tertiary/aromatic N) is 1. The van der Waals surface area contributed by atoms with Crippen molar-refractivity contribution in [2.75, 3.05) is 19.7 Å². The van der Waals surface area contributed by atoms with Crippen LogP contribution in [0.1, 0.15) is 38.2 Å². The number of ether oxygens (including phenoxy) is 1. The molecule has 2 N–H and O–H groups in total. The second-order valence-electron chi connectivity index (χ2n) is 6.87. The third-order valence-corrected chi connectivity index (χ3v) is 4.53. The molecule has 0 aliphatic carbocycles. The molecule has 1 saturated heterocycles. The minimum absolute atomic E-state index is 0.103. The zero-order valence-corrected chi connectivity index (χ0v) is 15.7. The van der Waals surface area contributed by atoms with Crippen LogP contribution in [-0.2, 0) is 20.8 Å². The Bertz CT molecular complexity index is 647. The summed E-state index contributed by atoms with van der Waals surface area (Å²) in [5, 5.41) is 11.9. The van der Waals surface area contributed by atoms with Crippen LogP contribution in [0.5, 0.6) is 5.75 Å². The Balaban J connectivity index is 1.79. The Morgan fingerprint density at radius 3 is 2.96 bits per heavy atom. The number of likely N-dealkylation sites (tertiary alicyclic amines) is 1. The summed E-state index contributed by atoms with van der Waals surface area (Å²) in [6.07, 6.45) is 3.56. The van der Waals surface area contributed by atoms with E-state index < -0.39 is 6.10 Å². The highest BCUT2D eigenvalue weighted by molar-refractivity contribution is 5.87. The monoisotopic (exact) mass is 376 g/mol. The van der Waals surface area contributed by atoms with Gasteiger partial charge in [0.05, 0.1) is 31.7 Å². The number of aliphatic hydroxyl groups excluding tert-OH is 1. The van der Waals surface area contributed by atoms with E-state index in [1.54, 1.807) is 30.0 Å². The van der Waals surface area contributed by atoms with Crippen molar-refractivity contribution in [2.24, 2.45) is 0 Å². The van der Waals surface area contributed by atoms with Crippen molar-refractivity contribution in [1.82, 2.24) is 10.2 Å². The maximum absolute atomic E-state index is 12.3. The Morgan fingerprint density at radius 1 is 1.41 bits per heavy atom. The molecule has 2 amide bonds. The molecule has 1 fully saturated rings. The van der Waals surface area contributed by atoms with Crippen molar-refractivity contribution < 1.29 is 24.2 Å². The van der Waals surface area contributed by atoms with Crippen molar-refractivity contribution in [2.45, 2.75) is 51.2 Å². The topological polar surface area (TPSA) is 95.9 Å². The molecular formula is C20H28N2O5. The number of aldehydes is 1. The molecule has 0 bridgehead atoms.